The van der Waals surface area contributed by atoms with Gasteiger partial charge in [-0.25, -0.2) is 0 Å². The lowest BCUT2D eigenvalue weighted by atomic mass is 10.0. The number of nitrogens with two attached hydrogens (primary N) is 1. The number of carboxylic acids is 1. The van der Waals surface area contributed by atoms with Crippen LogP contribution in [0.4, 0.5) is 0 Å². The number of rotatable bonds is 6. The Kier molecular flexibility index (Phi) is 5.04. The Balaban J connectivity index is 2.57. The van der Waals surface area contributed by atoms with Gasteiger partial charge in [-0.15, -0.1) is 0 Å². The molecule has 1 aromatic carbocycles. The van der Waals surface area contributed by atoms with E-state index in [-0.39, 0.29) is 19.0 Å². The number of carbonyl (C=O) groups is 1. The van der Waals surface area contributed by atoms with Gasteiger partial charge in [-0.3, -0.25) is 9.36 Å². The maximum absolute atomic E-state index is 10.7. The number of aliphatic carboxylic acids is 1. The molecule has 100 valence electrons. The Morgan fingerprint density at radius 3 is 2.17 bits per heavy atom. The fraction of sp³-hybridized carbons (Fsp3) is 0.364. The first-order valence-corrected chi connectivity index (χ1v) is 7.18. The lowest BCUT2D eigenvalue weighted by Crippen LogP contribution is -2.32. The van der Waals surface area contributed by atoms with Crippen LogP contribution in [0.1, 0.15) is 11.1 Å². The van der Waals surface area contributed by atoms with Crippen molar-refractivity contribution < 1.29 is 24.3 Å². The highest BCUT2D eigenvalue weighted by atomic mass is 31.2. The lowest BCUT2D eigenvalue weighted by Gasteiger charge is -2.08. The van der Waals surface area contributed by atoms with Crippen LogP contribution < -0.4 is 5.73 Å². The van der Waals surface area contributed by atoms with Crippen LogP contribution in [0.2, 0.25) is 0 Å². The van der Waals surface area contributed by atoms with Crippen LogP contribution in [-0.2, 0) is 22.2 Å². The maximum Gasteiger partial charge on any atom is 0.325 e. The van der Waals surface area contributed by atoms with Crippen LogP contribution in [0.3, 0.4) is 0 Å². The molecule has 0 saturated heterocycles. The van der Waals surface area contributed by atoms with Gasteiger partial charge in [-0.05, 0) is 24.0 Å². The third-order valence-electron chi connectivity index (χ3n) is 2.49. The SMILES string of the molecule is N[C@@H](Cc1ccc(CCP(=O)(O)O)cc1)C(=O)O. The second-order valence-electron chi connectivity index (χ2n) is 4.10. The van der Waals surface area contributed by atoms with Crippen molar-refractivity contribution in [3.05, 3.63) is 35.4 Å². The zero-order chi connectivity index (χ0) is 13.8. The summed E-state index contributed by atoms with van der Waals surface area (Å²) in [5.41, 5.74) is 6.98. The van der Waals surface area contributed by atoms with Crippen molar-refractivity contribution in [3.8, 4) is 0 Å². The lowest BCUT2D eigenvalue weighted by molar-refractivity contribution is -0.138. The van der Waals surface area contributed by atoms with E-state index in [4.69, 9.17) is 20.6 Å². The summed E-state index contributed by atoms with van der Waals surface area (Å²) < 4.78 is 10.7. The highest BCUT2D eigenvalue weighted by Crippen LogP contribution is 2.34. The van der Waals surface area contributed by atoms with Gasteiger partial charge >= 0.3 is 13.6 Å². The van der Waals surface area contributed by atoms with E-state index in [1.807, 2.05) is 0 Å². The maximum atomic E-state index is 10.7. The van der Waals surface area contributed by atoms with Gasteiger partial charge < -0.3 is 20.6 Å². The number of aryl methyl sites for hydroxylation is 1. The van der Waals surface area contributed by atoms with E-state index in [9.17, 15) is 9.36 Å². The second-order valence-corrected chi connectivity index (χ2v) is 5.88. The highest BCUT2D eigenvalue weighted by Gasteiger charge is 2.13. The van der Waals surface area contributed by atoms with Crippen LogP contribution in [-0.4, -0.2) is 33.1 Å². The Bertz CT molecular complexity index is 453. The normalized spacial score (nSPS) is 13.3. The van der Waals surface area contributed by atoms with Crippen molar-refractivity contribution >= 4 is 13.6 Å². The summed E-state index contributed by atoms with van der Waals surface area (Å²) in [4.78, 5) is 28.1. The van der Waals surface area contributed by atoms with Gasteiger partial charge in [0.25, 0.3) is 0 Å². The van der Waals surface area contributed by atoms with E-state index in [0.717, 1.165) is 11.1 Å². The molecule has 5 N–H and O–H groups in total. The smallest absolute Gasteiger partial charge is 0.325 e. The van der Waals surface area contributed by atoms with Crippen molar-refractivity contribution in [2.45, 2.75) is 18.9 Å². The van der Waals surface area contributed by atoms with Crippen molar-refractivity contribution in [3.63, 3.8) is 0 Å². The summed E-state index contributed by atoms with van der Waals surface area (Å²) in [5, 5.41) is 8.66. The molecule has 0 aliphatic heterocycles. The molecule has 0 amide bonds. The fourth-order valence-electron chi connectivity index (χ4n) is 1.46. The monoisotopic (exact) mass is 273 g/mol. The van der Waals surface area contributed by atoms with Crippen LogP contribution in [0, 0.1) is 0 Å². The van der Waals surface area contributed by atoms with E-state index >= 15 is 0 Å². The summed E-state index contributed by atoms with van der Waals surface area (Å²) >= 11 is 0. The largest absolute Gasteiger partial charge is 0.480 e. The molecule has 0 radical (unpaired) electrons. The van der Waals surface area contributed by atoms with E-state index in [2.05, 4.69) is 0 Å². The third kappa shape index (κ3) is 5.42. The zero-order valence-electron chi connectivity index (χ0n) is 9.69. The van der Waals surface area contributed by atoms with E-state index in [1.54, 1.807) is 24.3 Å². The molecule has 18 heavy (non-hydrogen) atoms. The molecular weight excluding hydrogens is 257 g/mol. The Hall–Kier alpha value is -1.20. The van der Waals surface area contributed by atoms with Crippen LogP contribution in [0.15, 0.2) is 24.3 Å². The average molecular weight is 273 g/mol. The van der Waals surface area contributed by atoms with Crippen LogP contribution >= 0.6 is 7.60 Å². The standard InChI is InChI=1S/C11H16NO5P/c12-10(11(13)14)7-9-3-1-8(2-4-9)5-6-18(15,16)17/h1-4,10H,5-7,12H2,(H,13,14)(H2,15,16,17)/t10-/m0/s1. The van der Waals surface area contributed by atoms with Crippen molar-refractivity contribution in [1.29, 1.82) is 0 Å². The molecule has 0 spiro atoms. The molecule has 6 nitrogen and oxygen atoms in total. The molecule has 0 aliphatic rings. The molecule has 0 saturated carbocycles. The van der Waals surface area contributed by atoms with Gasteiger partial charge in [0, 0.05) is 0 Å². The number of hydrogen-bond donors (Lipinski definition) is 4. The zero-order valence-corrected chi connectivity index (χ0v) is 10.6. The minimum Gasteiger partial charge on any atom is -0.480 e. The van der Waals surface area contributed by atoms with E-state index in [1.165, 1.54) is 0 Å². The predicted octanol–water partition coefficient (Wildman–Crippen LogP) is 0.361. The Morgan fingerprint density at radius 2 is 1.72 bits per heavy atom. The third-order valence-corrected chi connectivity index (χ3v) is 3.29. The molecule has 0 aliphatic carbocycles. The molecule has 0 heterocycles. The molecule has 1 rings (SSSR count). The first-order chi connectivity index (χ1) is 8.28. The van der Waals surface area contributed by atoms with Crippen molar-refractivity contribution in [1.82, 2.24) is 0 Å². The summed E-state index contributed by atoms with van der Waals surface area (Å²) in [6.07, 6.45) is 0.324. The minimum absolute atomic E-state index is 0.193. The van der Waals surface area contributed by atoms with Gasteiger partial charge in [-0.2, -0.15) is 0 Å². The summed E-state index contributed by atoms with van der Waals surface area (Å²) in [5.74, 6) is -1.06. The van der Waals surface area contributed by atoms with Crippen LogP contribution in [0.25, 0.3) is 0 Å². The minimum atomic E-state index is -3.98. The number of hydrogen-bond acceptors (Lipinski definition) is 3. The Labute approximate surface area is 105 Å². The summed E-state index contributed by atoms with van der Waals surface area (Å²) in [7, 11) is -3.98. The predicted molar refractivity (Wildman–Crippen MR) is 66.4 cm³/mol. The van der Waals surface area contributed by atoms with E-state index < -0.39 is 19.6 Å². The van der Waals surface area contributed by atoms with Gasteiger partial charge in [0.2, 0.25) is 0 Å². The highest BCUT2D eigenvalue weighted by molar-refractivity contribution is 7.51. The molecule has 1 atom stereocenters. The molecular formula is C11H16NO5P. The van der Waals surface area contributed by atoms with Crippen molar-refractivity contribution in [2.75, 3.05) is 6.16 Å². The van der Waals surface area contributed by atoms with Gasteiger partial charge in [0.05, 0.1) is 6.16 Å². The second kappa shape index (κ2) is 6.11. The Morgan fingerprint density at radius 1 is 1.22 bits per heavy atom. The summed E-state index contributed by atoms with van der Waals surface area (Å²) in [6.45, 7) is 0. The number of carboxylic acid groups (broad SMARTS) is 1. The quantitative estimate of drug-likeness (QED) is 0.555. The average Bonchev–Trinajstić information content (AvgIpc) is 2.27. The molecule has 0 bridgehead atoms. The first-order valence-electron chi connectivity index (χ1n) is 5.39. The van der Waals surface area contributed by atoms with Gasteiger partial charge in [0.1, 0.15) is 6.04 Å². The van der Waals surface area contributed by atoms with E-state index in [0.29, 0.717) is 0 Å². The molecule has 0 aromatic heterocycles. The molecule has 1 aromatic rings. The molecule has 0 unspecified atom stereocenters. The van der Waals surface area contributed by atoms with Crippen molar-refractivity contribution in [2.24, 2.45) is 5.73 Å². The summed E-state index contributed by atoms with van der Waals surface area (Å²) in [6, 6.07) is 5.94. The topological polar surface area (TPSA) is 121 Å². The molecule has 7 heteroatoms. The molecule has 0 fully saturated rings. The van der Waals surface area contributed by atoms with Crippen LogP contribution in [0.5, 0.6) is 0 Å². The first kappa shape index (κ1) is 14.9. The van der Waals surface area contributed by atoms with Gasteiger partial charge in [-0.1, -0.05) is 24.3 Å². The number of benzene rings is 1. The van der Waals surface area contributed by atoms with Gasteiger partial charge in [0.15, 0.2) is 0 Å². The fourth-order valence-corrected chi connectivity index (χ4v) is 2.01.